The second-order valence-electron chi connectivity index (χ2n) is 7.31. The average molecular weight is 405 g/mol. The summed E-state index contributed by atoms with van der Waals surface area (Å²) in [4.78, 5) is 38.5. The summed E-state index contributed by atoms with van der Waals surface area (Å²) >= 11 is 0. The van der Waals surface area contributed by atoms with E-state index in [1.54, 1.807) is 29.2 Å². The Balaban J connectivity index is 1.52. The summed E-state index contributed by atoms with van der Waals surface area (Å²) in [5.41, 5.74) is 4.27. The molecule has 1 aliphatic heterocycles. The highest BCUT2D eigenvalue weighted by atomic mass is 16.5. The van der Waals surface area contributed by atoms with Crippen molar-refractivity contribution in [2.45, 2.75) is 26.7 Å². The number of carbonyl (C=O) groups is 3. The number of nitrogens with zero attached hydrogens (tertiary/aromatic N) is 2. The Kier molecular flexibility index (Phi) is 6.48. The zero-order valence-electron chi connectivity index (χ0n) is 17.0. The van der Waals surface area contributed by atoms with Crippen molar-refractivity contribution in [2.24, 2.45) is 5.92 Å². The summed E-state index contributed by atoms with van der Waals surface area (Å²) in [7, 11) is 0. The molecule has 2 aromatic rings. The number of rotatable bonds is 6. The van der Waals surface area contributed by atoms with Crippen molar-refractivity contribution in [1.82, 2.24) is 0 Å². The summed E-state index contributed by atoms with van der Waals surface area (Å²) in [5.74, 6) is -1.76. The first kappa shape index (κ1) is 21.1. The molecule has 30 heavy (non-hydrogen) atoms. The van der Waals surface area contributed by atoms with E-state index in [1.807, 2.05) is 32.0 Å². The number of carbonyl (C=O) groups excluding carboxylic acids is 3. The van der Waals surface area contributed by atoms with Crippen LogP contribution in [0.1, 0.15) is 23.1 Å². The van der Waals surface area contributed by atoms with E-state index in [-0.39, 0.29) is 18.9 Å². The smallest absolute Gasteiger partial charge is 0.311 e. The number of aryl methyl sites for hydroxylation is 1. The number of ether oxygens (including phenoxy) is 1. The van der Waals surface area contributed by atoms with Crippen LogP contribution in [0.15, 0.2) is 42.5 Å². The maximum absolute atomic E-state index is 12.4. The van der Waals surface area contributed by atoms with Crippen molar-refractivity contribution in [2.75, 3.05) is 23.4 Å². The third-order valence-electron chi connectivity index (χ3n) is 5.19. The zero-order valence-corrected chi connectivity index (χ0v) is 17.0. The van der Waals surface area contributed by atoms with Crippen LogP contribution in [0.3, 0.4) is 0 Å². The first-order valence-corrected chi connectivity index (χ1v) is 9.68. The summed E-state index contributed by atoms with van der Waals surface area (Å²) in [6.45, 7) is 3.73. The Hall–Kier alpha value is -3.66. The fourth-order valence-electron chi connectivity index (χ4n) is 3.38. The maximum atomic E-state index is 12.4. The van der Waals surface area contributed by atoms with Crippen LogP contribution in [-0.2, 0) is 25.5 Å². The molecule has 0 radical (unpaired) electrons. The normalized spacial score (nSPS) is 15.6. The molecule has 3 rings (SSSR count). The number of nitriles is 1. The Labute approximate surface area is 175 Å². The zero-order chi connectivity index (χ0) is 21.7. The van der Waals surface area contributed by atoms with E-state index in [0.717, 1.165) is 22.4 Å². The molecule has 1 saturated heterocycles. The standard InChI is InChI=1S/C23H23N3O4/c1-15-4-3-5-20(16(15)2)26-13-18(12-22(26)28)23(29)30-14-21(27)25-19-8-6-17(7-9-19)10-11-24/h3-9,18H,10,12-14H2,1-2H3,(H,25,27)/t18-/m0/s1. The van der Waals surface area contributed by atoms with Crippen LogP contribution in [-0.4, -0.2) is 30.9 Å². The van der Waals surface area contributed by atoms with Crippen LogP contribution < -0.4 is 10.2 Å². The lowest BCUT2D eigenvalue weighted by Gasteiger charge is -2.20. The fourth-order valence-corrected chi connectivity index (χ4v) is 3.38. The van der Waals surface area contributed by atoms with Gasteiger partial charge in [-0.25, -0.2) is 0 Å². The molecule has 1 atom stereocenters. The Bertz CT molecular complexity index is 1010. The molecule has 2 amide bonds. The van der Waals surface area contributed by atoms with Crippen LogP contribution >= 0.6 is 0 Å². The highest BCUT2D eigenvalue weighted by Gasteiger charge is 2.37. The van der Waals surface area contributed by atoms with Gasteiger partial charge in [-0.1, -0.05) is 24.3 Å². The van der Waals surface area contributed by atoms with E-state index in [9.17, 15) is 14.4 Å². The quantitative estimate of drug-likeness (QED) is 0.745. The molecule has 0 bridgehead atoms. The van der Waals surface area contributed by atoms with Crippen molar-refractivity contribution in [3.05, 3.63) is 59.2 Å². The van der Waals surface area contributed by atoms with E-state index in [0.29, 0.717) is 12.1 Å². The number of esters is 1. The Morgan fingerprint density at radius 1 is 1.20 bits per heavy atom. The van der Waals surface area contributed by atoms with Crippen molar-refractivity contribution in [3.8, 4) is 6.07 Å². The largest absolute Gasteiger partial charge is 0.455 e. The minimum absolute atomic E-state index is 0.0637. The van der Waals surface area contributed by atoms with Crippen molar-refractivity contribution in [1.29, 1.82) is 5.26 Å². The molecule has 7 nitrogen and oxygen atoms in total. The molecule has 0 unspecified atom stereocenters. The van der Waals surface area contributed by atoms with Gasteiger partial charge < -0.3 is 15.0 Å². The minimum Gasteiger partial charge on any atom is -0.455 e. The number of hydrogen-bond acceptors (Lipinski definition) is 5. The molecule has 1 heterocycles. The lowest BCUT2D eigenvalue weighted by Crippen LogP contribution is -2.28. The van der Waals surface area contributed by atoms with E-state index in [4.69, 9.17) is 10.00 Å². The molecule has 0 saturated carbocycles. The lowest BCUT2D eigenvalue weighted by molar-refractivity contribution is -0.151. The first-order chi connectivity index (χ1) is 14.4. The van der Waals surface area contributed by atoms with E-state index in [1.165, 1.54) is 0 Å². The number of nitrogens with one attached hydrogen (secondary N) is 1. The van der Waals surface area contributed by atoms with Crippen LogP contribution in [0.4, 0.5) is 11.4 Å². The van der Waals surface area contributed by atoms with Crippen molar-refractivity contribution in [3.63, 3.8) is 0 Å². The number of anilines is 2. The second kappa shape index (κ2) is 9.23. The first-order valence-electron chi connectivity index (χ1n) is 9.68. The molecule has 0 aliphatic carbocycles. The molecule has 0 spiro atoms. The number of amides is 2. The summed E-state index contributed by atoms with van der Waals surface area (Å²) < 4.78 is 5.14. The second-order valence-corrected chi connectivity index (χ2v) is 7.31. The van der Waals surface area contributed by atoms with Gasteiger partial charge in [0.15, 0.2) is 6.61 Å². The predicted molar refractivity (Wildman–Crippen MR) is 112 cm³/mol. The van der Waals surface area contributed by atoms with Gasteiger partial charge in [0.05, 0.1) is 18.4 Å². The van der Waals surface area contributed by atoms with E-state index in [2.05, 4.69) is 11.4 Å². The van der Waals surface area contributed by atoms with Gasteiger partial charge in [0.25, 0.3) is 5.91 Å². The Morgan fingerprint density at radius 2 is 1.93 bits per heavy atom. The molecular formula is C23H23N3O4. The summed E-state index contributed by atoms with van der Waals surface area (Å²) in [6, 6.07) is 14.6. The molecular weight excluding hydrogens is 382 g/mol. The van der Waals surface area contributed by atoms with Crippen LogP contribution in [0.5, 0.6) is 0 Å². The van der Waals surface area contributed by atoms with Crippen LogP contribution in [0.2, 0.25) is 0 Å². The highest BCUT2D eigenvalue weighted by molar-refractivity contribution is 6.00. The van der Waals surface area contributed by atoms with E-state index < -0.39 is 24.4 Å². The fraction of sp³-hybridized carbons (Fsp3) is 0.304. The third kappa shape index (κ3) is 4.84. The number of hydrogen-bond donors (Lipinski definition) is 1. The monoisotopic (exact) mass is 405 g/mol. The summed E-state index contributed by atoms with van der Waals surface area (Å²) in [6.07, 6.45) is 0.360. The third-order valence-corrected chi connectivity index (χ3v) is 5.19. The average Bonchev–Trinajstić information content (AvgIpc) is 3.11. The van der Waals surface area contributed by atoms with Gasteiger partial charge in [-0.15, -0.1) is 0 Å². The molecule has 154 valence electrons. The van der Waals surface area contributed by atoms with Gasteiger partial charge in [0, 0.05) is 24.3 Å². The van der Waals surface area contributed by atoms with Gasteiger partial charge in [-0.05, 0) is 48.7 Å². The molecule has 1 aliphatic rings. The predicted octanol–water partition coefficient (Wildman–Crippen LogP) is 2.90. The lowest BCUT2D eigenvalue weighted by atomic mass is 10.1. The molecule has 0 aromatic heterocycles. The van der Waals surface area contributed by atoms with Crippen LogP contribution in [0.25, 0.3) is 0 Å². The molecule has 7 heteroatoms. The molecule has 1 fully saturated rings. The minimum atomic E-state index is -0.601. The summed E-state index contributed by atoms with van der Waals surface area (Å²) in [5, 5.41) is 11.3. The van der Waals surface area contributed by atoms with Gasteiger partial charge in [0.1, 0.15) is 0 Å². The Morgan fingerprint density at radius 3 is 2.63 bits per heavy atom. The topological polar surface area (TPSA) is 99.5 Å². The van der Waals surface area contributed by atoms with Crippen molar-refractivity contribution < 1.29 is 19.1 Å². The van der Waals surface area contributed by atoms with Crippen LogP contribution in [0, 0.1) is 31.1 Å². The van der Waals surface area contributed by atoms with Crippen molar-refractivity contribution >= 4 is 29.2 Å². The molecule has 1 N–H and O–H groups in total. The van der Waals surface area contributed by atoms with E-state index >= 15 is 0 Å². The SMILES string of the molecule is Cc1cccc(N2C[C@@H](C(=O)OCC(=O)Nc3ccc(CC#N)cc3)CC2=O)c1C. The van der Waals surface area contributed by atoms with Gasteiger partial charge >= 0.3 is 5.97 Å². The molecule has 2 aromatic carbocycles. The van der Waals surface area contributed by atoms with Gasteiger partial charge in [-0.3, -0.25) is 14.4 Å². The van der Waals surface area contributed by atoms with Gasteiger partial charge in [-0.2, -0.15) is 5.26 Å². The van der Waals surface area contributed by atoms with Gasteiger partial charge in [0.2, 0.25) is 5.91 Å². The number of benzene rings is 2. The maximum Gasteiger partial charge on any atom is 0.311 e. The highest BCUT2D eigenvalue weighted by Crippen LogP contribution is 2.29.